The predicted octanol–water partition coefficient (Wildman–Crippen LogP) is 3.76. The fraction of sp³-hybridized carbons (Fsp3) is 0.455. The van der Waals surface area contributed by atoms with Gasteiger partial charge >= 0.3 is 0 Å². The molecule has 5 N–H and O–H groups in total. The fourth-order valence-electron chi connectivity index (χ4n) is 1.61. The molecule has 82 valence electrons. The summed E-state index contributed by atoms with van der Waals surface area (Å²) < 4.78 is 0. The molecular formula is C11H21ClN2. The van der Waals surface area contributed by atoms with E-state index in [0.29, 0.717) is 5.92 Å². The van der Waals surface area contributed by atoms with E-state index in [0.717, 1.165) is 5.69 Å². The van der Waals surface area contributed by atoms with Gasteiger partial charge in [0.15, 0.2) is 0 Å². The number of halogens is 1. The van der Waals surface area contributed by atoms with E-state index in [9.17, 15) is 0 Å². The molecule has 0 unspecified atom stereocenters. The van der Waals surface area contributed by atoms with Gasteiger partial charge in [-0.15, -0.1) is 12.4 Å². The molecule has 0 aliphatic rings. The first kappa shape index (κ1) is 15.7. The minimum absolute atomic E-state index is 0. The van der Waals surface area contributed by atoms with Crippen molar-refractivity contribution in [2.75, 3.05) is 5.73 Å². The number of para-hydroxylation sites is 1. The van der Waals surface area contributed by atoms with Gasteiger partial charge in [0.2, 0.25) is 0 Å². The average molecular weight is 217 g/mol. The molecule has 0 bridgehead atoms. The van der Waals surface area contributed by atoms with Crippen molar-refractivity contribution in [3.63, 3.8) is 0 Å². The maximum absolute atomic E-state index is 5.87. The summed E-state index contributed by atoms with van der Waals surface area (Å²) in [7, 11) is 0. The van der Waals surface area contributed by atoms with Crippen molar-refractivity contribution in [3.8, 4) is 0 Å². The molecule has 0 fully saturated rings. The maximum Gasteiger partial charge on any atom is 0.0349 e. The average Bonchev–Trinajstić information content (AvgIpc) is 2.10. The Morgan fingerprint density at radius 3 is 2.07 bits per heavy atom. The minimum Gasteiger partial charge on any atom is -0.398 e. The Balaban J connectivity index is 0. The number of nitrogens with two attached hydrogens (primary N) is 1. The first-order valence-electron chi connectivity index (χ1n) is 4.64. The highest BCUT2D eigenvalue weighted by atomic mass is 35.5. The van der Waals surface area contributed by atoms with Gasteiger partial charge in [0.1, 0.15) is 0 Å². The fourth-order valence-corrected chi connectivity index (χ4v) is 1.61. The van der Waals surface area contributed by atoms with Crippen LogP contribution in [0.3, 0.4) is 0 Å². The van der Waals surface area contributed by atoms with Crippen molar-refractivity contribution in [1.82, 2.24) is 6.15 Å². The molecule has 14 heavy (non-hydrogen) atoms. The molecule has 1 aromatic rings. The highest BCUT2D eigenvalue weighted by Crippen LogP contribution is 2.27. The summed E-state index contributed by atoms with van der Waals surface area (Å²) in [6.07, 6.45) is 2.34. The lowest BCUT2D eigenvalue weighted by molar-refractivity contribution is 0.644. The van der Waals surface area contributed by atoms with E-state index in [2.05, 4.69) is 26.0 Å². The summed E-state index contributed by atoms with van der Waals surface area (Å²) in [4.78, 5) is 0. The number of rotatable bonds is 3. The lowest BCUT2D eigenvalue weighted by Crippen LogP contribution is -2.00. The first-order valence-corrected chi connectivity index (χ1v) is 4.64. The van der Waals surface area contributed by atoms with E-state index in [4.69, 9.17) is 5.73 Å². The standard InChI is InChI=1S/C11H17N.ClH.H3N/c1-3-9(4-2)10-7-5-6-8-11(10)12;;/h5-9H,3-4,12H2,1-2H3;1H;1H3. The zero-order valence-corrected chi connectivity index (χ0v) is 9.81. The van der Waals surface area contributed by atoms with Gasteiger partial charge in [-0.25, -0.2) is 0 Å². The largest absolute Gasteiger partial charge is 0.398 e. The van der Waals surface area contributed by atoms with E-state index in [1.165, 1.54) is 18.4 Å². The Morgan fingerprint density at radius 2 is 1.64 bits per heavy atom. The minimum atomic E-state index is 0. The smallest absolute Gasteiger partial charge is 0.0349 e. The second-order valence-electron chi connectivity index (χ2n) is 3.14. The van der Waals surface area contributed by atoms with Crippen LogP contribution in [0.1, 0.15) is 38.2 Å². The number of benzene rings is 1. The van der Waals surface area contributed by atoms with E-state index in [1.54, 1.807) is 0 Å². The third-order valence-electron chi connectivity index (χ3n) is 2.42. The van der Waals surface area contributed by atoms with Crippen LogP contribution in [-0.4, -0.2) is 0 Å². The molecule has 0 amide bonds. The van der Waals surface area contributed by atoms with Crippen LogP contribution < -0.4 is 11.9 Å². The summed E-state index contributed by atoms with van der Waals surface area (Å²) in [5.74, 6) is 0.631. The van der Waals surface area contributed by atoms with Gasteiger partial charge in [0, 0.05) is 5.69 Å². The van der Waals surface area contributed by atoms with E-state index in [-0.39, 0.29) is 18.6 Å². The molecule has 0 saturated heterocycles. The van der Waals surface area contributed by atoms with Crippen molar-refractivity contribution in [1.29, 1.82) is 0 Å². The Labute approximate surface area is 92.9 Å². The molecule has 3 heteroatoms. The van der Waals surface area contributed by atoms with Crippen LogP contribution in [-0.2, 0) is 0 Å². The Bertz CT molecular complexity index is 247. The lowest BCUT2D eigenvalue weighted by atomic mass is 9.93. The molecule has 0 radical (unpaired) electrons. The van der Waals surface area contributed by atoms with Crippen LogP contribution in [0.25, 0.3) is 0 Å². The second-order valence-corrected chi connectivity index (χ2v) is 3.14. The normalized spacial score (nSPS) is 9.07. The molecule has 0 saturated carbocycles. The molecule has 0 atom stereocenters. The van der Waals surface area contributed by atoms with Gasteiger partial charge in [-0.3, -0.25) is 0 Å². The molecule has 2 nitrogen and oxygen atoms in total. The molecule has 0 spiro atoms. The number of anilines is 1. The molecular weight excluding hydrogens is 196 g/mol. The van der Waals surface area contributed by atoms with Crippen molar-refractivity contribution < 1.29 is 0 Å². The molecule has 0 heterocycles. The van der Waals surface area contributed by atoms with Crippen molar-refractivity contribution in [3.05, 3.63) is 29.8 Å². The molecule has 1 aromatic carbocycles. The van der Waals surface area contributed by atoms with Gasteiger partial charge in [0.05, 0.1) is 0 Å². The van der Waals surface area contributed by atoms with Gasteiger partial charge < -0.3 is 11.9 Å². The van der Waals surface area contributed by atoms with Gasteiger partial charge in [-0.2, -0.15) is 0 Å². The van der Waals surface area contributed by atoms with E-state index in [1.807, 2.05) is 12.1 Å². The van der Waals surface area contributed by atoms with Crippen molar-refractivity contribution in [2.45, 2.75) is 32.6 Å². The first-order chi connectivity index (χ1) is 5.79. The SMILES string of the molecule is CCC(CC)c1ccccc1N.Cl.N. The predicted molar refractivity (Wildman–Crippen MR) is 66.4 cm³/mol. The maximum atomic E-state index is 5.87. The third kappa shape index (κ3) is 3.56. The van der Waals surface area contributed by atoms with Crippen LogP contribution in [0.5, 0.6) is 0 Å². The lowest BCUT2D eigenvalue weighted by Gasteiger charge is -2.14. The number of hydrogen-bond acceptors (Lipinski definition) is 2. The van der Waals surface area contributed by atoms with Crippen molar-refractivity contribution in [2.24, 2.45) is 0 Å². The topological polar surface area (TPSA) is 61.0 Å². The van der Waals surface area contributed by atoms with Gasteiger partial charge in [0.25, 0.3) is 0 Å². The van der Waals surface area contributed by atoms with Crippen LogP contribution in [0, 0.1) is 0 Å². The number of hydrogen-bond donors (Lipinski definition) is 2. The third-order valence-corrected chi connectivity index (χ3v) is 2.42. The zero-order chi connectivity index (χ0) is 8.97. The van der Waals surface area contributed by atoms with Crippen LogP contribution in [0.2, 0.25) is 0 Å². The molecule has 1 rings (SSSR count). The summed E-state index contributed by atoms with van der Waals surface area (Å²) >= 11 is 0. The van der Waals surface area contributed by atoms with Crippen LogP contribution in [0.15, 0.2) is 24.3 Å². The zero-order valence-electron chi connectivity index (χ0n) is 8.99. The van der Waals surface area contributed by atoms with Crippen LogP contribution >= 0.6 is 12.4 Å². The molecule has 0 aromatic heterocycles. The monoisotopic (exact) mass is 216 g/mol. The van der Waals surface area contributed by atoms with Gasteiger partial charge in [-0.1, -0.05) is 32.0 Å². The Kier molecular flexibility index (Phi) is 8.60. The Hall–Kier alpha value is -0.730. The van der Waals surface area contributed by atoms with Gasteiger partial charge in [-0.05, 0) is 30.4 Å². The van der Waals surface area contributed by atoms with Crippen molar-refractivity contribution >= 4 is 18.1 Å². The summed E-state index contributed by atoms with van der Waals surface area (Å²) in [5, 5.41) is 0. The highest BCUT2D eigenvalue weighted by Gasteiger charge is 2.08. The van der Waals surface area contributed by atoms with Crippen LogP contribution in [0.4, 0.5) is 5.69 Å². The summed E-state index contributed by atoms with van der Waals surface area (Å²) in [6.45, 7) is 4.42. The highest BCUT2D eigenvalue weighted by molar-refractivity contribution is 5.85. The van der Waals surface area contributed by atoms with E-state index >= 15 is 0 Å². The quantitative estimate of drug-likeness (QED) is 0.756. The summed E-state index contributed by atoms with van der Waals surface area (Å²) in [5.41, 5.74) is 8.12. The molecule has 0 aliphatic carbocycles. The summed E-state index contributed by atoms with van der Waals surface area (Å²) in [6, 6.07) is 8.16. The number of nitrogen functional groups attached to an aromatic ring is 1. The van der Waals surface area contributed by atoms with E-state index < -0.39 is 0 Å². The molecule has 0 aliphatic heterocycles. The Morgan fingerprint density at radius 1 is 1.14 bits per heavy atom. The second kappa shape index (κ2) is 7.65.